The van der Waals surface area contributed by atoms with Crippen LogP contribution in [0.4, 0.5) is 11.5 Å². The van der Waals surface area contributed by atoms with Gasteiger partial charge in [-0.2, -0.15) is 0 Å². The summed E-state index contributed by atoms with van der Waals surface area (Å²) in [6.07, 6.45) is 1.71. The molecule has 0 fully saturated rings. The summed E-state index contributed by atoms with van der Waals surface area (Å²) >= 11 is 0. The number of aliphatic hydroxyl groups is 1. The van der Waals surface area contributed by atoms with Crippen LogP contribution in [0.25, 0.3) is 0 Å². The third-order valence-electron chi connectivity index (χ3n) is 4.17. The summed E-state index contributed by atoms with van der Waals surface area (Å²) in [5.74, 6) is 0.569. The molecule has 1 aliphatic rings. The van der Waals surface area contributed by atoms with E-state index >= 15 is 0 Å². The molecule has 1 aliphatic heterocycles. The molecular weight excluding hydrogens is 300 g/mol. The molecule has 2 heterocycles. The molecule has 1 aromatic heterocycles. The van der Waals surface area contributed by atoms with Crippen molar-refractivity contribution in [3.8, 4) is 0 Å². The van der Waals surface area contributed by atoms with Gasteiger partial charge in [0.05, 0.1) is 6.67 Å². The number of carbonyl (C=O) groups is 1. The van der Waals surface area contributed by atoms with Crippen LogP contribution in [0.3, 0.4) is 0 Å². The Labute approximate surface area is 134 Å². The summed E-state index contributed by atoms with van der Waals surface area (Å²) < 4.78 is 2.64. The van der Waals surface area contributed by atoms with E-state index in [0.29, 0.717) is 50.5 Å². The van der Waals surface area contributed by atoms with Crippen molar-refractivity contribution >= 4 is 17.3 Å². The third-order valence-corrected chi connectivity index (χ3v) is 4.17. The SMILES string of the molecule is CCN1CN(CO)c2c1c(=O)n(CCCCC(C)=O)c(=O)n2C. The van der Waals surface area contributed by atoms with Gasteiger partial charge < -0.3 is 19.7 Å². The first-order valence-corrected chi connectivity index (χ1v) is 7.86. The van der Waals surface area contributed by atoms with Crippen molar-refractivity contribution in [3.05, 3.63) is 20.8 Å². The molecule has 0 spiro atoms. The fraction of sp³-hybridized carbons (Fsp3) is 0.667. The molecule has 0 atom stereocenters. The highest BCUT2D eigenvalue weighted by Gasteiger charge is 2.31. The first-order chi connectivity index (χ1) is 10.9. The van der Waals surface area contributed by atoms with E-state index in [2.05, 4.69) is 0 Å². The van der Waals surface area contributed by atoms with E-state index in [1.165, 1.54) is 16.1 Å². The van der Waals surface area contributed by atoms with Gasteiger partial charge in [-0.15, -0.1) is 0 Å². The lowest BCUT2D eigenvalue weighted by Gasteiger charge is -2.17. The molecule has 8 nitrogen and oxygen atoms in total. The number of fused-ring (bicyclic) bond motifs is 1. The van der Waals surface area contributed by atoms with Crippen LogP contribution in [-0.4, -0.2) is 40.0 Å². The number of rotatable bonds is 7. The fourth-order valence-electron chi connectivity index (χ4n) is 2.93. The minimum atomic E-state index is -0.395. The van der Waals surface area contributed by atoms with E-state index in [4.69, 9.17) is 0 Å². The number of Topliss-reactive ketones (excluding diaryl/α,β-unsaturated/α-hetero) is 1. The number of nitrogens with zero attached hydrogens (tertiary/aromatic N) is 4. The maximum atomic E-state index is 12.7. The molecular formula is C15H24N4O4. The first kappa shape index (κ1) is 17.3. The molecule has 0 bridgehead atoms. The van der Waals surface area contributed by atoms with Crippen LogP contribution in [-0.2, 0) is 18.4 Å². The molecule has 0 radical (unpaired) electrons. The van der Waals surface area contributed by atoms with Gasteiger partial charge in [0.1, 0.15) is 24.0 Å². The number of unbranched alkanes of at least 4 members (excludes halogenated alkanes) is 1. The zero-order valence-corrected chi connectivity index (χ0v) is 13.9. The van der Waals surface area contributed by atoms with Crippen molar-refractivity contribution in [1.29, 1.82) is 0 Å². The Bertz CT molecular complexity index is 707. The quantitative estimate of drug-likeness (QED) is 0.703. The fourth-order valence-corrected chi connectivity index (χ4v) is 2.93. The highest BCUT2D eigenvalue weighted by atomic mass is 16.3. The van der Waals surface area contributed by atoms with E-state index in [-0.39, 0.29) is 18.1 Å². The largest absolute Gasteiger partial charge is 0.376 e. The number of ketones is 1. The first-order valence-electron chi connectivity index (χ1n) is 7.86. The van der Waals surface area contributed by atoms with Gasteiger partial charge in [0.2, 0.25) is 0 Å². The molecule has 0 saturated carbocycles. The van der Waals surface area contributed by atoms with E-state index in [0.717, 1.165) is 0 Å². The monoisotopic (exact) mass is 324 g/mol. The van der Waals surface area contributed by atoms with Gasteiger partial charge in [0.25, 0.3) is 5.56 Å². The topological polar surface area (TPSA) is 87.8 Å². The summed E-state index contributed by atoms with van der Waals surface area (Å²) in [4.78, 5) is 39.6. The number of aromatic nitrogens is 2. The average molecular weight is 324 g/mol. The number of aliphatic hydroxyl groups excluding tert-OH is 1. The highest BCUT2D eigenvalue weighted by Crippen LogP contribution is 2.30. The lowest BCUT2D eigenvalue weighted by atomic mass is 10.2. The third kappa shape index (κ3) is 3.17. The van der Waals surface area contributed by atoms with E-state index in [1.54, 1.807) is 11.9 Å². The second-order valence-corrected chi connectivity index (χ2v) is 5.81. The van der Waals surface area contributed by atoms with Crippen LogP contribution < -0.4 is 21.0 Å². The van der Waals surface area contributed by atoms with E-state index < -0.39 is 5.69 Å². The summed E-state index contributed by atoms with van der Waals surface area (Å²) in [6, 6.07) is 0. The Kier molecular flexibility index (Phi) is 5.25. The van der Waals surface area contributed by atoms with Gasteiger partial charge in [0.15, 0.2) is 0 Å². The second kappa shape index (κ2) is 6.99. The van der Waals surface area contributed by atoms with Gasteiger partial charge in [0, 0.05) is 26.6 Å². The summed E-state index contributed by atoms with van der Waals surface area (Å²) in [5.41, 5.74) is -0.271. The van der Waals surface area contributed by atoms with Crippen molar-refractivity contribution in [2.45, 2.75) is 39.7 Å². The maximum absolute atomic E-state index is 12.7. The standard InChI is InChI=1S/C15H24N4O4/c1-4-17-9-18(10-20)13-12(17)14(22)19(15(23)16(13)3)8-6-5-7-11(2)21/h20H,4-10H2,1-3H3. The molecule has 23 heavy (non-hydrogen) atoms. The van der Waals surface area contributed by atoms with Gasteiger partial charge in [-0.25, -0.2) is 4.79 Å². The molecule has 0 amide bonds. The van der Waals surface area contributed by atoms with Crippen molar-refractivity contribution in [2.75, 3.05) is 29.7 Å². The smallest absolute Gasteiger partial charge is 0.332 e. The molecule has 2 rings (SSSR count). The summed E-state index contributed by atoms with van der Waals surface area (Å²) in [5, 5.41) is 9.47. The Hall–Kier alpha value is -2.09. The van der Waals surface area contributed by atoms with Crippen LogP contribution in [0.5, 0.6) is 0 Å². The normalized spacial score (nSPS) is 13.6. The van der Waals surface area contributed by atoms with Crippen LogP contribution >= 0.6 is 0 Å². The van der Waals surface area contributed by atoms with Gasteiger partial charge >= 0.3 is 5.69 Å². The Morgan fingerprint density at radius 1 is 1.22 bits per heavy atom. The molecule has 0 aliphatic carbocycles. The van der Waals surface area contributed by atoms with Crippen molar-refractivity contribution in [1.82, 2.24) is 9.13 Å². The van der Waals surface area contributed by atoms with Gasteiger partial charge in [-0.1, -0.05) is 0 Å². The number of anilines is 2. The van der Waals surface area contributed by atoms with Gasteiger partial charge in [-0.3, -0.25) is 13.9 Å². The molecule has 128 valence electrons. The molecule has 8 heteroatoms. The average Bonchev–Trinajstić information content (AvgIpc) is 2.90. The zero-order valence-electron chi connectivity index (χ0n) is 13.9. The molecule has 1 aromatic rings. The predicted octanol–water partition coefficient (Wildman–Crippen LogP) is -0.140. The lowest BCUT2D eigenvalue weighted by Crippen LogP contribution is -2.41. The van der Waals surface area contributed by atoms with Crippen LogP contribution in [0.2, 0.25) is 0 Å². The van der Waals surface area contributed by atoms with Gasteiger partial charge in [-0.05, 0) is 26.7 Å². The predicted molar refractivity (Wildman–Crippen MR) is 87.9 cm³/mol. The molecule has 1 N–H and O–H groups in total. The molecule has 0 saturated heterocycles. The second-order valence-electron chi connectivity index (χ2n) is 5.81. The summed E-state index contributed by atoms with van der Waals surface area (Å²) in [7, 11) is 1.61. The van der Waals surface area contributed by atoms with Crippen LogP contribution in [0, 0.1) is 0 Å². The zero-order chi connectivity index (χ0) is 17.1. The number of hydrogen-bond donors (Lipinski definition) is 1. The van der Waals surface area contributed by atoms with Crippen molar-refractivity contribution < 1.29 is 9.90 Å². The maximum Gasteiger partial charge on any atom is 0.332 e. The number of carbonyl (C=O) groups excluding carboxylic acids is 1. The Balaban J connectivity index is 2.39. The summed E-state index contributed by atoms with van der Waals surface area (Å²) in [6.45, 7) is 4.50. The Morgan fingerprint density at radius 2 is 1.91 bits per heavy atom. The molecule has 0 aromatic carbocycles. The number of hydrogen-bond acceptors (Lipinski definition) is 6. The highest BCUT2D eigenvalue weighted by molar-refractivity contribution is 5.75. The Morgan fingerprint density at radius 3 is 2.48 bits per heavy atom. The van der Waals surface area contributed by atoms with E-state index in [9.17, 15) is 19.5 Å². The minimum Gasteiger partial charge on any atom is -0.376 e. The van der Waals surface area contributed by atoms with Crippen LogP contribution in [0.15, 0.2) is 9.59 Å². The molecule has 0 unspecified atom stereocenters. The van der Waals surface area contributed by atoms with Crippen molar-refractivity contribution in [2.24, 2.45) is 7.05 Å². The lowest BCUT2D eigenvalue weighted by molar-refractivity contribution is -0.117. The van der Waals surface area contributed by atoms with E-state index in [1.807, 2.05) is 11.8 Å². The van der Waals surface area contributed by atoms with Crippen molar-refractivity contribution in [3.63, 3.8) is 0 Å². The minimum absolute atomic E-state index is 0.106. The van der Waals surface area contributed by atoms with Crippen LogP contribution in [0.1, 0.15) is 33.1 Å².